The SMILES string of the molecule is CC(C)(C)CC(C)(C)c1cc(-c2cccc(F)c2)c(O)c(-n2c3ccc(C(C)(C)CC(C)(C)C)cc3c3cc(C(C)(C)CC(C)(C)C)ccc32)c1. The van der Waals surface area contributed by atoms with Gasteiger partial charge in [-0.25, -0.2) is 4.39 Å². The molecule has 0 amide bonds. The van der Waals surface area contributed by atoms with Crippen LogP contribution in [0.3, 0.4) is 0 Å². The molecule has 1 heterocycles. The molecule has 0 aliphatic rings. The molecule has 0 saturated carbocycles. The first-order valence-electron chi connectivity index (χ1n) is 18.9. The maximum atomic E-state index is 14.7. The maximum Gasteiger partial charge on any atom is 0.147 e. The highest BCUT2D eigenvalue weighted by molar-refractivity contribution is 6.10. The number of phenols is 1. The lowest BCUT2D eigenvalue weighted by molar-refractivity contribution is 0.283. The van der Waals surface area contributed by atoms with Crippen molar-refractivity contribution < 1.29 is 9.50 Å². The van der Waals surface area contributed by atoms with E-state index in [1.165, 1.54) is 34.0 Å². The molecular formula is C48H64FNO. The Morgan fingerprint density at radius 2 is 0.941 bits per heavy atom. The van der Waals surface area contributed by atoms with E-state index in [0.717, 1.165) is 41.5 Å². The van der Waals surface area contributed by atoms with Crippen molar-refractivity contribution in [3.63, 3.8) is 0 Å². The van der Waals surface area contributed by atoms with Crippen LogP contribution in [0.15, 0.2) is 72.8 Å². The second-order valence-electron chi connectivity index (χ2n) is 21.1. The van der Waals surface area contributed by atoms with Gasteiger partial charge in [-0.1, -0.05) is 128 Å². The van der Waals surface area contributed by atoms with Crippen molar-refractivity contribution in [3.8, 4) is 22.6 Å². The summed E-state index contributed by atoms with van der Waals surface area (Å²) in [4.78, 5) is 0. The summed E-state index contributed by atoms with van der Waals surface area (Å²) in [6.45, 7) is 34.7. The van der Waals surface area contributed by atoms with E-state index in [2.05, 4.69) is 157 Å². The first-order chi connectivity index (χ1) is 23.2. The van der Waals surface area contributed by atoms with Crippen LogP contribution in [0.25, 0.3) is 38.6 Å². The first kappa shape index (κ1) is 38.6. The second kappa shape index (κ2) is 12.8. The van der Waals surface area contributed by atoms with E-state index < -0.39 is 0 Å². The number of aromatic hydroxyl groups is 1. The monoisotopic (exact) mass is 689 g/mol. The summed E-state index contributed by atoms with van der Waals surface area (Å²) in [7, 11) is 0. The van der Waals surface area contributed by atoms with Gasteiger partial charge < -0.3 is 9.67 Å². The molecule has 5 rings (SSSR count). The zero-order valence-electron chi connectivity index (χ0n) is 34.3. The third-order valence-corrected chi connectivity index (χ3v) is 10.5. The van der Waals surface area contributed by atoms with E-state index in [4.69, 9.17) is 0 Å². The Morgan fingerprint density at radius 3 is 1.35 bits per heavy atom. The Hall–Kier alpha value is -3.59. The Bertz CT molecular complexity index is 1980. The van der Waals surface area contributed by atoms with Gasteiger partial charge in [-0.05, 0) is 123 Å². The smallest absolute Gasteiger partial charge is 0.147 e. The van der Waals surface area contributed by atoms with Crippen LogP contribution < -0.4 is 0 Å². The molecule has 1 N–H and O–H groups in total. The molecule has 0 unspecified atom stereocenters. The molecule has 0 bridgehead atoms. The van der Waals surface area contributed by atoms with Crippen molar-refractivity contribution in [2.24, 2.45) is 16.2 Å². The quantitative estimate of drug-likeness (QED) is 0.172. The predicted molar refractivity (Wildman–Crippen MR) is 219 cm³/mol. The molecule has 0 spiro atoms. The second-order valence-corrected chi connectivity index (χ2v) is 21.1. The minimum absolute atomic E-state index is 0.0342. The number of phenolic OH excluding ortho intramolecular Hbond substituents is 1. The summed E-state index contributed by atoms with van der Waals surface area (Å²) in [5, 5.41) is 14.7. The van der Waals surface area contributed by atoms with E-state index in [1.807, 2.05) is 6.07 Å². The minimum atomic E-state index is -0.319. The van der Waals surface area contributed by atoms with E-state index in [-0.39, 0.29) is 44.1 Å². The number of benzene rings is 4. The summed E-state index contributed by atoms with van der Waals surface area (Å²) in [6, 6.07) is 24.7. The molecule has 4 aromatic carbocycles. The van der Waals surface area contributed by atoms with Crippen molar-refractivity contribution in [2.75, 3.05) is 0 Å². The van der Waals surface area contributed by atoms with Crippen molar-refractivity contribution in [1.29, 1.82) is 0 Å². The average molecular weight is 690 g/mol. The zero-order chi connectivity index (χ0) is 38.1. The lowest BCUT2D eigenvalue weighted by Gasteiger charge is -2.34. The topological polar surface area (TPSA) is 25.2 Å². The molecular weight excluding hydrogens is 626 g/mol. The number of fused-ring (bicyclic) bond motifs is 3. The molecule has 1 aromatic heterocycles. The average Bonchev–Trinajstić information content (AvgIpc) is 3.26. The van der Waals surface area contributed by atoms with Crippen molar-refractivity contribution in [1.82, 2.24) is 4.57 Å². The summed E-state index contributed by atoms with van der Waals surface area (Å²) >= 11 is 0. The molecule has 0 atom stereocenters. The fourth-order valence-electron chi connectivity index (χ4n) is 9.46. The molecule has 0 fully saturated rings. The molecule has 51 heavy (non-hydrogen) atoms. The summed E-state index contributed by atoms with van der Waals surface area (Å²) < 4.78 is 17.0. The molecule has 5 aromatic rings. The van der Waals surface area contributed by atoms with Gasteiger partial charge in [0.2, 0.25) is 0 Å². The molecule has 3 heteroatoms. The molecule has 2 nitrogen and oxygen atoms in total. The predicted octanol–water partition coefficient (Wildman–Crippen LogP) is 14.4. The van der Waals surface area contributed by atoms with Crippen LogP contribution >= 0.6 is 0 Å². The van der Waals surface area contributed by atoms with Crippen molar-refractivity contribution in [3.05, 3.63) is 95.3 Å². The van der Waals surface area contributed by atoms with Gasteiger partial charge in [0.1, 0.15) is 11.6 Å². The molecule has 0 aliphatic carbocycles. The van der Waals surface area contributed by atoms with Gasteiger partial charge in [0.15, 0.2) is 0 Å². The van der Waals surface area contributed by atoms with Gasteiger partial charge in [0.05, 0.1) is 16.7 Å². The third kappa shape index (κ3) is 8.40. The van der Waals surface area contributed by atoms with Crippen LogP contribution in [0, 0.1) is 22.1 Å². The highest BCUT2D eigenvalue weighted by atomic mass is 19.1. The normalized spacial score (nSPS) is 13.8. The highest BCUT2D eigenvalue weighted by Gasteiger charge is 2.32. The van der Waals surface area contributed by atoms with E-state index >= 15 is 0 Å². The summed E-state index contributed by atoms with van der Waals surface area (Å²) in [5.41, 5.74) is 8.03. The number of hydrogen-bond donors (Lipinski definition) is 1. The number of halogens is 1. The van der Waals surface area contributed by atoms with Gasteiger partial charge >= 0.3 is 0 Å². The standard InChI is InChI=1S/C48H64FNO/c1-43(2,3)28-46(10,11)32-19-21-39-37(24-32)38-25-33(47(12,13)29-44(4,5)6)20-22-40(38)50(39)41-27-34(48(14,15)30-45(7,8)9)26-36(42(41)51)31-17-16-18-35(49)23-31/h16-27,51H,28-30H2,1-15H3. The van der Waals surface area contributed by atoms with Gasteiger partial charge in [0, 0.05) is 16.3 Å². The van der Waals surface area contributed by atoms with E-state index in [9.17, 15) is 9.50 Å². The van der Waals surface area contributed by atoms with E-state index in [0.29, 0.717) is 11.1 Å². The van der Waals surface area contributed by atoms with E-state index in [1.54, 1.807) is 6.07 Å². The Kier molecular flexibility index (Phi) is 9.71. The summed E-state index contributed by atoms with van der Waals surface area (Å²) in [5.74, 6) is -0.163. The van der Waals surface area contributed by atoms with Gasteiger partial charge in [0.25, 0.3) is 0 Å². The van der Waals surface area contributed by atoms with Gasteiger partial charge in [-0.15, -0.1) is 0 Å². The molecule has 274 valence electrons. The largest absolute Gasteiger partial charge is 0.505 e. The Labute approximate surface area is 308 Å². The lowest BCUT2D eigenvalue weighted by Crippen LogP contribution is -2.25. The van der Waals surface area contributed by atoms with Crippen molar-refractivity contribution >= 4 is 21.8 Å². The van der Waals surface area contributed by atoms with Gasteiger partial charge in [-0.3, -0.25) is 0 Å². The van der Waals surface area contributed by atoms with Gasteiger partial charge in [-0.2, -0.15) is 0 Å². The Balaban J connectivity index is 1.89. The lowest BCUT2D eigenvalue weighted by atomic mass is 9.71. The van der Waals surface area contributed by atoms with Crippen LogP contribution in [0.4, 0.5) is 4.39 Å². The van der Waals surface area contributed by atoms with Crippen LogP contribution in [0.2, 0.25) is 0 Å². The first-order valence-corrected chi connectivity index (χ1v) is 18.9. The Morgan fingerprint density at radius 1 is 0.510 bits per heavy atom. The highest BCUT2D eigenvalue weighted by Crippen LogP contribution is 2.47. The zero-order valence-corrected chi connectivity index (χ0v) is 34.3. The van der Waals surface area contributed by atoms with Crippen molar-refractivity contribution in [2.45, 2.75) is 139 Å². The number of nitrogens with zero attached hydrogens (tertiary/aromatic N) is 1. The molecule has 0 saturated heterocycles. The fourth-order valence-corrected chi connectivity index (χ4v) is 9.46. The van der Waals surface area contributed by atoms with Crippen LogP contribution in [-0.2, 0) is 16.2 Å². The fraction of sp³-hybridized carbons (Fsp3) is 0.500. The maximum absolute atomic E-state index is 14.7. The number of rotatable bonds is 8. The van der Waals surface area contributed by atoms with Crippen LogP contribution in [-0.4, -0.2) is 9.67 Å². The summed E-state index contributed by atoms with van der Waals surface area (Å²) in [6.07, 6.45) is 3.05. The molecule has 0 aliphatic heterocycles. The minimum Gasteiger partial charge on any atom is -0.505 e. The number of aromatic nitrogens is 1. The third-order valence-electron chi connectivity index (χ3n) is 10.5. The van der Waals surface area contributed by atoms with Crippen LogP contribution in [0.5, 0.6) is 5.75 Å². The molecule has 0 radical (unpaired) electrons. The number of hydrogen-bond acceptors (Lipinski definition) is 1. The van der Waals surface area contributed by atoms with Crippen LogP contribution in [0.1, 0.15) is 140 Å².